The van der Waals surface area contributed by atoms with Gasteiger partial charge in [0.25, 0.3) is 0 Å². The highest BCUT2D eigenvalue weighted by Crippen LogP contribution is 2.28. The van der Waals surface area contributed by atoms with Gasteiger partial charge in [-0.05, 0) is 17.7 Å². The number of nitrogens with one attached hydrogen (secondary N) is 1. The molecule has 2 rings (SSSR count). The molecule has 4 N–H and O–H groups in total. The molecule has 0 saturated heterocycles. The van der Waals surface area contributed by atoms with Crippen LogP contribution in [0.25, 0.3) is 11.1 Å². The van der Waals surface area contributed by atoms with Crippen molar-refractivity contribution in [3.63, 3.8) is 0 Å². The van der Waals surface area contributed by atoms with Crippen molar-refractivity contribution in [1.82, 2.24) is 10.2 Å². The molecule has 0 aliphatic heterocycles. The first kappa shape index (κ1) is 10.7. The van der Waals surface area contributed by atoms with E-state index in [4.69, 9.17) is 10.8 Å². The number of nitrogens with two attached hydrogens (primary N) is 1. The Labute approximate surface area is 99.4 Å². The summed E-state index contributed by atoms with van der Waals surface area (Å²) >= 11 is 3.30. The molecule has 82 valence electrons. The predicted octanol–water partition coefficient (Wildman–Crippen LogP) is 2.12. The van der Waals surface area contributed by atoms with E-state index in [9.17, 15) is 4.79 Å². The van der Waals surface area contributed by atoms with Gasteiger partial charge in [0.2, 0.25) is 0 Å². The van der Waals surface area contributed by atoms with Gasteiger partial charge in [-0.15, -0.1) is 0 Å². The van der Waals surface area contributed by atoms with Gasteiger partial charge in [0, 0.05) is 4.47 Å². The van der Waals surface area contributed by atoms with E-state index in [1.807, 2.05) is 12.1 Å². The van der Waals surface area contributed by atoms with Crippen LogP contribution in [0.5, 0.6) is 0 Å². The number of benzene rings is 1. The molecule has 0 aliphatic rings. The third kappa shape index (κ3) is 1.79. The first-order valence-electron chi connectivity index (χ1n) is 4.42. The fourth-order valence-corrected chi connectivity index (χ4v) is 1.68. The van der Waals surface area contributed by atoms with Crippen LogP contribution in [0.1, 0.15) is 10.5 Å². The SMILES string of the molecule is Nc1n[nH]c(C(=O)O)c1-c1ccc(Br)cc1. The van der Waals surface area contributed by atoms with Gasteiger partial charge in [-0.25, -0.2) is 4.79 Å². The van der Waals surface area contributed by atoms with E-state index in [1.54, 1.807) is 12.1 Å². The van der Waals surface area contributed by atoms with Crippen molar-refractivity contribution in [2.75, 3.05) is 5.73 Å². The fraction of sp³-hybridized carbons (Fsp3) is 0. The number of nitrogen functional groups attached to an aromatic ring is 1. The van der Waals surface area contributed by atoms with E-state index in [0.717, 1.165) is 4.47 Å². The number of hydrogen-bond acceptors (Lipinski definition) is 3. The van der Waals surface area contributed by atoms with E-state index in [1.165, 1.54) is 0 Å². The predicted molar refractivity (Wildman–Crippen MR) is 63.1 cm³/mol. The summed E-state index contributed by atoms with van der Waals surface area (Å²) in [5.41, 5.74) is 6.76. The Morgan fingerprint density at radius 3 is 2.56 bits per heavy atom. The zero-order valence-electron chi connectivity index (χ0n) is 8.07. The number of aromatic carboxylic acids is 1. The summed E-state index contributed by atoms with van der Waals surface area (Å²) in [5, 5.41) is 15.1. The quantitative estimate of drug-likeness (QED) is 0.786. The van der Waals surface area contributed by atoms with Gasteiger partial charge >= 0.3 is 5.97 Å². The Kier molecular flexibility index (Phi) is 2.66. The number of rotatable bonds is 2. The Morgan fingerprint density at radius 2 is 2.00 bits per heavy atom. The topological polar surface area (TPSA) is 92.0 Å². The molecule has 0 unspecified atom stereocenters. The average Bonchev–Trinajstić information content (AvgIpc) is 2.62. The molecule has 0 saturated carbocycles. The molecular formula is C10H8BrN3O2. The van der Waals surface area contributed by atoms with E-state index in [0.29, 0.717) is 11.1 Å². The molecule has 0 fully saturated rings. The summed E-state index contributed by atoms with van der Waals surface area (Å²) in [6, 6.07) is 7.18. The number of aromatic nitrogens is 2. The van der Waals surface area contributed by atoms with Gasteiger partial charge in [0.15, 0.2) is 11.5 Å². The molecule has 0 spiro atoms. The lowest BCUT2D eigenvalue weighted by atomic mass is 10.1. The second kappa shape index (κ2) is 3.97. The van der Waals surface area contributed by atoms with Crippen LogP contribution in [0.4, 0.5) is 5.82 Å². The maximum atomic E-state index is 10.9. The van der Waals surface area contributed by atoms with Gasteiger partial charge in [-0.1, -0.05) is 28.1 Å². The molecule has 5 nitrogen and oxygen atoms in total. The molecule has 0 amide bonds. The minimum Gasteiger partial charge on any atom is -0.477 e. The van der Waals surface area contributed by atoms with E-state index < -0.39 is 5.97 Å². The van der Waals surface area contributed by atoms with Gasteiger partial charge < -0.3 is 10.8 Å². The van der Waals surface area contributed by atoms with Crippen LogP contribution in [0, 0.1) is 0 Å². The van der Waals surface area contributed by atoms with Gasteiger partial charge in [0.1, 0.15) is 0 Å². The van der Waals surface area contributed by atoms with Crippen molar-refractivity contribution in [1.29, 1.82) is 0 Å². The van der Waals surface area contributed by atoms with Crippen LogP contribution >= 0.6 is 15.9 Å². The van der Waals surface area contributed by atoms with Crippen molar-refractivity contribution in [2.24, 2.45) is 0 Å². The molecule has 1 heterocycles. The molecule has 6 heteroatoms. The molecule has 2 aromatic rings. The van der Waals surface area contributed by atoms with Gasteiger partial charge in [0.05, 0.1) is 5.56 Å². The number of nitrogens with zero attached hydrogens (tertiary/aromatic N) is 1. The maximum Gasteiger partial charge on any atom is 0.354 e. The van der Waals surface area contributed by atoms with E-state index >= 15 is 0 Å². The molecule has 0 atom stereocenters. The number of halogens is 1. The first-order valence-corrected chi connectivity index (χ1v) is 5.22. The van der Waals surface area contributed by atoms with Crippen LogP contribution in [-0.2, 0) is 0 Å². The van der Waals surface area contributed by atoms with Crippen molar-refractivity contribution in [3.05, 3.63) is 34.4 Å². The van der Waals surface area contributed by atoms with E-state index in [-0.39, 0.29) is 11.5 Å². The number of carbonyl (C=O) groups is 1. The highest BCUT2D eigenvalue weighted by molar-refractivity contribution is 9.10. The molecule has 0 bridgehead atoms. The summed E-state index contributed by atoms with van der Waals surface area (Å²) in [6.45, 7) is 0. The maximum absolute atomic E-state index is 10.9. The average molecular weight is 282 g/mol. The first-order chi connectivity index (χ1) is 7.59. The number of hydrogen-bond donors (Lipinski definition) is 3. The number of anilines is 1. The third-order valence-corrected chi connectivity index (χ3v) is 2.67. The molecule has 1 aromatic heterocycles. The Morgan fingerprint density at radius 1 is 1.38 bits per heavy atom. The lowest BCUT2D eigenvalue weighted by molar-refractivity contribution is 0.0691. The minimum atomic E-state index is -1.08. The lowest BCUT2D eigenvalue weighted by Gasteiger charge is -2.01. The zero-order chi connectivity index (χ0) is 11.7. The number of carboxylic acids is 1. The fourth-order valence-electron chi connectivity index (χ4n) is 1.42. The Hall–Kier alpha value is -1.82. The van der Waals surface area contributed by atoms with Crippen molar-refractivity contribution in [3.8, 4) is 11.1 Å². The highest BCUT2D eigenvalue weighted by Gasteiger charge is 2.18. The summed E-state index contributed by atoms with van der Waals surface area (Å²) in [4.78, 5) is 10.9. The second-order valence-corrected chi connectivity index (χ2v) is 4.09. The van der Waals surface area contributed by atoms with Crippen LogP contribution in [0.2, 0.25) is 0 Å². The monoisotopic (exact) mass is 281 g/mol. The minimum absolute atomic E-state index is 0.000164. The summed E-state index contributed by atoms with van der Waals surface area (Å²) in [7, 11) is 0. The molecule has 0 aliphatic carbocycles. The van der Waals surface area contributed by atoms with Crippen LogP contribution < -0.4 is 5.73 Å². The van der Waals surface area contributed by atoms with Crippen molar-refractivity contribution < 1.29 is 9.90 Å². The second-order valence-electron chi connectivity index (χ2n) is 3.17. The third-order valence-electron chi connectivity index (χ3n) is 2.14. The lowest BCUT2D eigenvalue weighted by Crippen LogP contribution is -1.99. The number of carboxylic acid groups (broad SMARTS) is 1. The molecule has 1 aromatic carbocycles. The molecule has 0 radical (unpaired) electrons. The highest BCUT2D eigenvalue weighted by atomic mass is 79.9. The Balaban J connectivity index is 2.58. The normalized spacial score (nSPS) is 10.3. The van der Waals surface area contributed by atoms with E-state index in [2.05, 4.69) is 26.1 Å². The zero-order valence-corrected chi connectivity index (χ0v) is 9.65. The number of H-pyrrole nitrogens is 1. The largest absolute Gasteiger partial charge is 0.477 e. The van der Waals surface area contributed by atoms with Crippen molar-refractivity contribution >= 4 is 27.7 Å². The molecule has 16 heavy (non-hydrogen) atoms. The summed E-state index contributed by atoms with van der Waals surface area (Å²) in [6.07, 6.45) is 0. The van der Waals surface area contributed by atoms with Crippen molar-refractivity contribution in [2.45, 2.75) is 0 Å². The van der Waals surface area contributed by atoms with Crippen LogP contribution in [0.3, 0.4) is 0 Å². The van der Waals surface area contributed by atoms with Crippen LogP contribution in [0.15, 0.2) is 28.7 Å². The van der Waals surface area contributed by atoms with Crippen LogP contribution in [-0.4, -0.2) is 21.3 Å². The smallest absolute Gasteiger partial charge is 0.354 e. The van der Waals surface area contributed by atoms with Gasteiger partial charge in [-0.3, -0.25) is 5.10 Å². The number of aromatic amines is 1. The Bertz CT molecular complexity index is 533. The summed E-state index contributed by atoms with van der Waals surface area (Å²) < 4.78 is 0.912. The molecular weight excluding hydrogens is 274 g/mol. The van der Waals surface area contributed by atoms with Gasteiger partial charge in [-0.2, -0.15) is 5.10 Å². The standard InChI is InChI=1S/C10H8BrN3O2/c11-6-3-1-5(2-4-6)7-8(10(15)16)13-14-9(7)12/h1-4H,(H,15,16)(H3,12,13,14). The summed E-state index contributed by atoms with van der Waals surface area (Å²) in [5.74, 6) is -0.901.